The van der Waals surface area contributed by atoms with E-state index in [1.165, 1.54) is 0 Å². The van der Waals surface area contributed by atoms with Crippen LogP contribution in [0.1, 0.15) is 0 Å². The second-order valence-electron chi connectivity index (χ2n) is 2.59. The minimum atomic E-state index is -0.943. The number of hydrogen-bond acceptors (Lipinski definition) is 3. The Morgan fingerprint density at radius 2 is 1.33 bits per heavy atom. The van der Waals surface area contributed by atoms with Crippen molar-refractivity contribution in [1.29, 1.82) is 0 Å². The Morgan fingerprint density at radius 3 is 1.33 bits per heavy atom. The van der Waals surface area contributed by atoms with Crippen LogP contribution in [0, 0.1) is 0 Å². The number of rotatable bonds is 3. The SMILES string of the molecule is CN[SiH](N(C)C)N(C)C. The maximum absolute atomic E-state index is 3.29. The van der Waals surface area contributed by atoms with Gasteiger partial charge in [-0.2, -0.15) is 0 Å². The Balaban J connectivity index is 3.68. The Labute approximate surface area is 59.5 Å². The van der Waals surface area contributed by atoms with E-state index in [1.54, 1.807) is 0 Å². The summed E-state index contributed by atoms with van der Waals surface area (Å²) in [6.45, 7) is 0. The maximum atomic E-state index is 3.29. The Hall–Kier alpha value is 0.0969. The molecule has 0 amide bonds. The van der Waals surface area contributed by atoms with Crippen LogP contribution in [0.15, 0.2) is 0 Å². The lowest BCUT2D eigenvalue weighted by atomic mass is 11.3. The second kappa shape index (κ2) is 4.00. The molecule has 0 saturated carbocycles. The van der Waals surface area contributed by atoms with E-state index < -0.39 is 9.28 Å². The van der Waals surface area contributed by atoms with Crippen LogP contribution in [-0.2, 0) is 0 Å². The van der Waals surface area contributed by atoms with Crippen molar-refractivity contribution in [2.45, 2.75) is 0 Å². The van der Waals surface area contributed by atoms with Crippen LogP contribution in [0.3, 0.4) is 0 Å². The smallest absolute Gasteiger partial charge is 0.268 e. The molecular formula is C5H17N3Si. The van der Waals surface area contributed by atoms with E-state index in [9.17, 15) is 0 Å². The zero-order valence-corrected chi connectivity index (χ0v) is 8.13. The summed E-state index contributed by atoms with van der Waals surface area (Å²) in [6, 6.07) is 0. The van der Waals surface area contributed by atoms with Gasteiger partial charge in [-0.05, 0) is 35.2 Å². The van der Waals surface area contributed by atoms with Gasteiger partial charge in [-0.25, -0.2) is 0 Å². The molecule has 9 heavy (non-hydrogen) atoms. The first-order chi connectivity index (χ1) is 4.09. The zero-order chi connectivity index (χ0) is 7.44. The fourth-order valence-electron chi connectivity index (χ4n) is 0.978. The molecule has 0 unspecified atom stereocenters. The molecule has 0 aromatic rings. The first kappa shape index (κ1) is 9.10. The molecule has 0 aliphatic heterocycles. The van der Waals surface area contributed by atoms with Gasteiger partial charge < -0.3 is 14.1 Å². The Bertz CT molecular complexity index is 66.6. The van der Waals surface area contributed by atoms with Crippen LogP contribution < -0.4 is 4.98 Å². The van der Waals surface area contributed by atoms with Crippen molar-refractivity contribution >= 4 is 9.28 Å². The molecule has 0 rings (SSSR count). The van der Waals surface area contributed by atoms with Gasteiger partial charge in [0, 0.05) is 0 Å². The van der Waals surface area contributed by atoms with Crippen molar-refractivity contribution in [2.24, 2.45) is 0 Å². The van der Waals surface area contributed by atoms with Crippen molar-refractivity contribution in [3.05, 3.63) is 0 Å². The summed E-state index contributed by atoms with van der Waals surface area (Å²) in [5.41, 5.74) is 0. The highest BCUT2D eigenvalue weighted by molar-refractivity contribution is 6.49. The first-order valence-electron chi connectivity index (χ1n) is 3.09. The molecule has 4 heteroatoms. The molecule has 0 spiro atoms. The van der Waals surface area contributed by atoms with Gasteiger partial charge in [0.1, 0.15) is 0 Å². The van der Waals surface area contributed by atoms with Crippen LogP contribution >= 0.6 is 0 Å². The van der Waals surface area contributed by atoms with Crippen molar-refractivity contribution < 1.29 is 0 Å². The highest BCUT2D eigenvalue weighted by atomic mass is 28.3. The highest BCUT2D eigenvalue weighted by Crippen LogP contribution is 1.83. The van der Waals surface area contributed by atoms with Crippen molar-refractivity contribution in [3.63, 3.8) is 0 Å². The average molecular weight is 147 g/mol. The third kappa shape index (κ3) is 2.95. The van der Waals surface area contributed by atoms with E-state index in [0.717, 1.165) is 0 Å². The Kier molecular flexibility index (Phi) is 4.04. The van der Waals surface area contributed by atoms with Crippen LogP contribution in [0.5, 0.6) is 0 Å². The van der Waals surface area contributed by atoms with E-state index in [-0.39, 0.29) is 0 Å². The maximum Gasteiger partial charge on any atom is 0.268 e. The van der Waals surface area contributed by atoms with E-state index in [1.807, 2.05) is 7.05 Å². The molecule has 0 atom stereocenters. The third-order valence-corrected chi connectivity index (χ3v) is 3.71. The summed E-state index contributed by atoms with van der Waals surface area (Å²) in [4.78, 5) is 3.29. The Morgan fingerprint density at radius 1 is 1.00 bits per heavy atom. The van der Waals surface area contributed by atoms with E-state index >= 15 is 0 Å². The minimum Gasteiger partial charge on any atom is -0.318 e. The molecular weight excluding hydrogens is 130 g/mol. The van der Waals surface area contributed by atoms with E-state index in [0.29, 0.717) is 0 Å². The van der Waals surface area contributed by atoms with Gasteiger partial charge >= 0.3 is 0 Å². The molecule has 56 valence electrons. The number of nitrogens with zero attached hydrogens (tertiary/aromatic N) is 2. The van der Waals surface area contributed by atoms with E-state index in [2.05, 4.69) is 42.3 Å². The van der Waals surface area contributed by atoms with Crippen molar-refractivity contribution in [2.75, 3.05) is 35.2 Å². The predicted molar refractivity (Wildman–Crippen MR) is 43.6 cm³/mol. The summed E-state index contributed by atoms with van der Waals surface area (Å²) in [6.07, 6.45) is 0. The topological polar surface area (TPSA) is 18.5 Å². The van der Waals surface area contributed by atoms with Gasteiger partial charge in [0.25, 0.3) is 9.28 Å². The molecule has 0 aliphatic carbocycles. The number of hydrogen-bond donors (Lipinski definition) is 1. The quantitative estimate of drug-likeness (QED) is 0.519. The largest absolute Gasteiger partial charge is 0.318 e. The van der Waals surface area contributed by atoms with E-state index in [4.69, 9.17) is 0 Å². The second-order valence-corrected chi connectivity index (χ2v) is 5.98. The molecule has 0 heterocycles. The lowest BCUT2D eigenvalue weighted by Gasteiger charge is -2.27. The molecule has 0 bridgehead atoms. The van der Waals surface area contributed by atoms with Crippen LogP contribution in [0.4, 0.5) is 0 Å². The predicted octanol–water partition coefficient (Wildman–Crippen LogP) is -0.954. The molecule has 0 radical (unpaired) electrons. The average Bonchev–Trinajstić information content (AvgIpc) is 1.64. The van der Waals surface area contributed by atoms with Gasteiger partial charge in [0.15, 0.2) is 0 Å². The van der Waals surface area contributed by atoms with Crippen LogP contribution in [-0.4, -0.2) is 53.7 Å². The van der Waals surface area contributed by atoms with Crippen LogP contribution in [0.25, 0.3) is 0 Å². The van der Waals surface area contributed by atoms with Gasteiger partial charge in [0.05, 0.1) is 0 Å². The minimum absolute atomic E-state index is 0.943. The van der Waals surface area contributed by atoms with Gasteiger partial charge in [0.2, 0.25) is 0 Å². The van der Waals surface area contributed by atoms with Gasteiger partial charge in [-0.3, -0.25) is 0 Å². The lowest BCUT2D eigenvalue weighted by Crippen LogP contribution is -2.54. The molecule has 0 fully saturated rings. The normalized spacial score (nSPS) is 12.0. The molecule has 0 saturated heterocycles. The summed E-state index contributed by atoms with van der Waals surface area (Å²) >= 11 is 0. The molecule has 0 aromatic heterocycles. The van der Waals surface area contributed by atoms with Crippen molar-refractivity contribution in [3.8, 4) is 0 Å². The molecule has 3 nitrogen and oxygen atoms in total. The summed E-state index contributed by atoms with van der Waals surface area (Å²) in [5.74, 6) is 0. The molecule has 0 aromatic carbocycles. The summed E-state index contributed by atoms with van der Waals surface area (Å²) in [5, 5.41) is 0. The standard InChI is InChI=1S/C5H17N3Si/c1-6-9(7(2)3)8(4)5/h6,9H,1-5H3. The monoisotopic (exact) mass is 147 g/mol. The molecule has 1 N–H and O–H groups in total. The summed E-state index contributed by atoms with van der Waals surface area (Å²) < 4.78 is 4.50. The van der Waals surface area contributed by atoms with Gasteiger partial charge in [-0.1, -0.05) is 0 Å². The highest BCUT2D eigenvalue weighted by Gasteiger charge is 2.12. The number of nitrogens with one attached hydrogen (secondary N) is 1. The van der Waals surface area contributed by atoms with Gasteiger partial charge in [-0.15, -0.1) is 0 Å². The summed E-state index contributed by atoms with van der Waals surface area (Å²) in [7, 11) is 9.49. The third-order valence-electron chi connectivity index (χ3n) is 1.24. The lowest BCUT2D eigenvalue weighted by molar-refractivity contribution is 0.501. The van der Waals surface area contributed by atoms with Crippen molar-refractivity contribution in [1.82, 2.24) is 14.1 Å². The van der Waals surface area contributed by atoms with Crippen LogP contribution in [0.2, 0.25) is 0 Å². The first-order valence-corrected chi connectivity index (χ1v) is 4.70. The zero-order valence-electron chi connectivity index (χ0n) is 6.97. The molecule has 0 aliphatic rings. The fourth-order valence-corrected chi connectivity index (χ4v) is 2.93. The fraction of sp³-hybridized carbons (Fsp3) is 1.00.